The van der Waals surface area contributed by atoms with Crippen LogP contribution in [0.2, 0.25) is 0 Å². The van der Waals surface area contributed by atoms with Crippen LogP contribution in [-0.4, -0.2) is 43.0 Å². The molecule has 250 valence electrons. The topological polar surface area (TPSA) is 127 Å². The molecule has 10 nitrogen and oxygen atoms in total. The minimum atomic E-state index is -1.25. The first kappa shape index (κ1) is 35.1. The van der Waals surface area contributed by atoms with Gasteiger partial charge in [-0.3, -0.25) is 4.79 Å². The van der Waals surface area contributed by atoms with E-state index in [4.69, 9.17) is 33.5 Å². The van der Waals surface area contributed by atoms with E-state index >= 15 is 0 Å². The van der Waals surface area contributed by atoms with Crippen molar-refractivity contribution in [2.24, 2.45) is 0 Å². The van der Waals surface area contributed by atoms with Crippen LogP contribution < -0.4 is 18.9 Å². The molecule has 4 aromatic rings. The molecule has 1 heterocycles. The van der Waals surface area contributed by atoms with Crippen LogP contribution in [0, 0.1) is 0 Å². The summed E-state index contributed by atoms with van der Waals surface area (Å²) >= 11 is 0. The minimum absolute atomic E-state index is 0.138. The van der Waals surface area contributed by atoms with Crippen molar-refractivity contribution in [3.8, 4) is 23.0 Å². The summed E-state index contributed by atoms with van der Waals surface area (Å²) in [5.74, 6) is -0.374. The largest absolute Gasteiger partial charge is 0.497 e. The van der Waals surface area contributed by atoms with E-state index in [0.717, 1.165) is 33.9 Å². The molecule has 4 aromatic carbocycles. The van der Waals surface area contributed by atoms with Crippen LogP contribution in [-0.2, 0) is 43.5 Å². The second-order valence-corrected chi connectivity index (χ2v) is 11.1. The number of benzene rings is 4. The van der Waals surface area contributed by atoms with Gasteiger partial charge in [-0.25, -0.2) is 9.59 Å². The second kappa shape index (κ2) is 16.7. The van der Waals surface area contributed by atoms with Gasteiger partial charge in [-0.05, 0) is 83.3 Å². The Bertz CT molecular complexity index is 1670. The number of carbonyl (C=O) groups excluding carboxylic acids is 2. The number of carbonyl (C=O) groups is 3. The van der Waals surface area contributed by atoms with Crippen LogP contribution in [0.4, 0.5) is 0 Å². The molecule has 1 N–H and O–H groups in total. The summed E-state index contributed by atoms with van der Waals surface area (Å²) < 4.78 is 31.8. The third-order valence-electron chi connectivity index (χ3n) is 6.99. The molecular weight excluding hydrogens is 616 g/mol. The Morgan fingerprint density at radius 2 is 1.04 bits per heavy atom. The van der Waals surface area contributed by atoms with Crippen molar-refractivity contribution in [2.45, 2.75) is 45.7 Å². The van der Waals surface area contributed by atoms with Crippen molar-refractivity contribution < 1.29 is 47.9 Å². The molecule has 0 atom stereocenters. The Kier molecular flexibility index (Phi) is 12.2. The molecular formula is C38H38O10. The maximum Gasteiger partial charge on any atom is 0.348 e. The Balaban J connectivity index is 0.000000224. The number of rotatable bonds is 12. The summed E-state index contributed by atoms with van der Waals surface area (Å²) in [5, 5.41) is 8.64. The van der Waals surface area contributed by atoms with Gasteiger partial charge in [0.2, 0.25) is 0 Å². The molecule has 0 aromatic heterocycles. The van der Waals surface area contributed by atoms with Crippen molar-refractivity contribution >= 4 is 24.0 Å². The molecule has 1 saturated heterocycles. The van der Waals surface area contributed by atoms with E-state index in [9.17, 15) is 14.4 Å². The van der Waals surface area contributed by atoms with Gasteiger partial charge in [-0.2, -0.15) is 0 Å². The van der Waals surface area contributed by atoms with Crippen LogP contribution in [0.15, 0.2) is 103 Å². The molecule has 1 fully saturated rings. The van der Waals surface area contributed by atoms with Crippen molar-refractivity contribution in [1.82, 2.24) is 0 Å². The van der Waals surface area contributed by atoms with E-state index in [2.05, 4.69) is 0 Å². The van der Waals surface area contributed by atoms with Gasteiger partial charge < -0.3 is 33.5 Å². The van der Waals surface area contributed by atoms with E-state index in [-0.39, 0.29) is 12.0 Å². The highest BCUT2D eigenvalue weighted by Crippen LogP contribution is 2.25. The smallest absolute Gasteiger partial charge is 0.348 e. The molecule has 0 radical (unpaired) electrons. The van der Waals surface area contributed by atoms with Crippen molar-refractivity contribution in [3.05, 3.63) is 125 Å². The lowest BCUT2D eigenvalue weighted by molar-refractivity contribution is -0.222. The fourth-order valence-electron chi connectivity index (χ4n) is 4.39. The number of methoxy groups -OCH3 is 2. The molecule has 5 rings (SSSR count). The SMILES string of the molecule is COc1ccc(COc2ccc(C=C3C(=O)OC(C)(C)OC3=O)cc2)cc1.COc1ccc(COc2ccc(CCC(=O)O)cc2)cc1. The molecule has 0 amide bonds. The maximum atomic E-state index is 12.0. The molecule has 0 aliphatic carbocycles. The molecule has 0 bridgehead atoms. The number of ether oxygens (including phenoxy) is 6. The summed E-state index contributed by atoms with van der Waals surface area (Å²) in [6.45, 7) is 3.92. The summed E-state index contributed by atoms with van der Waals surface area (Å²) in [7, 11) is 3.26. The fourth-order valence-corrected chi connectivity index (χ4v) is 4.39. The zero-order valence-corrected chi connectivity index (χ0v) is 27.3. The first-order valence-electron chi connectivity index (χ1n) is 15.1. The number of aliphatic carboxylic acids is 1. The zero-order chi connectivity index (χ0) is 34.5. The van der Waals surface area contributed by atoms with E-state index in [0.29, 0.717) is 30.9 Å². The Labute approximate surface area is 279 Å². The van der Waals surface area contributed by atoms with E-state index in [1.54, 1.807) is 38.5 Å². The lowest BCUT2D eigenvalue weighted by atomic mass is 10.1. The molecule has 1 aliphatic rings. The van der Waals surface area contributed by atoms with Gasteiger partial charge in [0.1, 0.15) is 41.8 Å². The van der Waals surface area contributed by atoms with Crippen LogP contribution in [0.5, 0.6) is 23.0 Å². The van der Waals surface area contributed by atoms with Crippen molar-refractivity contribution in [3.63, 3.8) is 0 Å². The van der Waals surface area contributed by atoms with Gasteiger partial charge >= 0.3 is 17.9 Å². The summed E-state index contributed by atoms with van der Waals surface area (Å²) in [5.41, 5.74) is 3.59. The number of esters is 2. The highest BCUT2D eigenvalue weighted by atomic mass is 16.7. The summed E-state index contributed by atoms with van der Waals surface area (Å²) in [6.07, 6.45) is 2.12. The normalized spacial score (nSPS) is 13.2. The zero-order valence-electron chi connectivity index (χ0n) is 27.3. The van der Waals surface area contributed by atoms with E-state index in [1.807, 2.05) is 72.8 Å². The molecule has 48 heavy (non-hydrogen) atoms. The van der Waals surface area contributed by atoms with E-state index < -0.39 is 23.7 Å². The highest BCUT2D eigenvalue weighted by Gasteiger charge is 2.38. The maximum absolute atomic E-state index is 12.0. The Morgan fingerprint density at radius 1 is 0.646 bits per heavy atom. The first-order valence-corrected chi connectivity index (χ1v) is 15.1. The standard InChI is InChI=1S/C21H20O6.C17H18O4/c1-21(2)26-19(22)18(20(23)27-21)12-14-4-10-17(11-5-14)25-13-15-6-8-16(24-3)9-7-15;1-20-15-7-4-14(5-8-15)12-21-16-9-2-13(3-10-16)6-11-17(18)19/h4-12H,13H2,1-3H3;2-5,7-10H,6,11-12H2,1H3,(H,18,19). The predicted molar refractivity (Wildman–Crippen MR) is 178 cm³/mol. The average Bonchev–Trinajstić information content (AvgIpc) is 3.08. The number of hydrogen-bond acceptors (Lipinski definition) is 9. The predicted octanol–water partition coefficient (Wildman–Crippen LogP) is 6.79. The van der Waals surface area contributed by atoms with Gasteiger partial charge in [-0.1, -0.05) is 48.5 Å². The third kappa shape index (κ3) is 10.9. The monoisotopic (exact) mass is 654 g/mol. The first-order chi connectivity index (χ1) is 23.0. The van der Waals surface area contributed by atoms with Gasteiger partial charge in [0.05, 0.1) is 14.2 Å². The van der Waals surface area contributed by atoms with Gasteiger partial charge in [0.15, 0.2) is 0 Å². The van der Waals surface area contributed by atoms with Crippen LogP contribution >= 0.6 is 0 Å². The van der Waals surface area contributed by atoms with Crippen LogP contribution in [0.3, 0.4) is 0 Å². The van der Waals surface area contributed by atoms with Gasteiger partial charge in [0.25, 0.3) is 5.79 Å². The summed E-state index contributed by atoms with van der Waals surface area (Å²) in [6, 6.07) is 29.8. The van der Waals surface area contributed by atoms with Gasteiger partial charge in [0, 0.05) is 20.3 Å². The fraction of sp³-hybridized carbons (Fsp3) is 0.237. The number of hydrogen-bond donors (Lipinski definition) is 1. The molecule has 0 spiro atoms. The lowest BCUT2D eigenvalue weighted by Crippen LogP contribution is -2.41. The minimum Gasteiger partial charge on any atom is -0.497 e. The van der Waals surface area contributed by atoms with E-state index in [1.165, 1.54) is 19.9 Å². The second-order valence-electron chi connectivity index (χ2n) is 11.1. The number of carboxylic acid groups (broad SMARTS) is 1. The number of cyclic esters (lactones) is 2. The third-order valence-corrected chi connectivity index (χ3v) is 6.99. The molecule has 10 heteroatoms. The van der Waals surface area contributed by atoms with Crippen molar-refractivity contribution in [1.29, 1.82) is 0 Å². The average molecular weight is 655 g/mol. The Morgan fingerprint density at radius 3 is 1.46 bits per heavy atom. The van der Waals surface area contributed by atoms with Crippen LogP contribution in [0.25, 0.3) is 6.08 Å². The highest BCUT2D eigenvalue weighted by molar-refractivity contribution is 6.18. The van der Waals surface area contributed by atoms with Crippen molar-refractivity contribution in [2.75, 3.05) is 14.2 Å². The van der Waals surface area contributed by atoms with Gasteiger partial charge in [-0.15, -0.1) is 0 Å². The summed E-state index contributed by atoms with van der Waals surface area (Å²) in [4.78, 5) is 34.5. The Hall–Kier alpha value is -5.77. The molecule has 1 aliphatic heterocycles. The molecule has 0 unspecified atom stereocenters. The number of carboxylic acids is 1. The molecule has 0 saturated carbocycles. The van der Waals surface area contributed by atoms with Crippen LogP contribution in [0.1, 0.15) is 42.5 Å². The quantitative estimate of drug-likeness (QED) is 0.0992. The number of aryl methyl sites for hydroxylation is 1. The lowest BCUT2D eigenvalue weighted by Gasteiger charge is -2.29.